The second-order valence-corrected chi connectivity index (χ2v) is 4.03. The van der Waals surface area contributed by atoms with Crippen LogP contribution in [0.15, 0.2) is 18.5 Å². The first-order valence-corrected chi connectivity index (χ1v) is 5.28. The summed E-state index contributed by atoms with van der Waals surface area (Å²) < 4.78 is 0. The van der Waals surface area contributed by atoms with Gasteiger partial charge in [0.25, 0.3) is 0 Å². The number of hydrogen-bond donors (Lipinski definition) is 1. The maximum absolute atomic E-state index is 11.7. The second kappa shape index (κ2) is 5.61. The van der Waals surface area contributed by atoms with Gasteiger partial charge in [0, 0.05) is 37.0 Å². The number of carbonyl (C=O) groups excluding carboxylic acids is 1. The molecule has 0 amide bonds. The maximum atomic E-state index is 11.7. The molecular weight excluding hydrogens is 188 g/mol. The Labute approximate surface area is 90.9 Å². The van der Waals surface area contributed by atoms with Crippen molar-refractivity contribution in [3.63, 3.8) is 0 Å². The van der Waals surface area contributed by atoms with E-state index in [4.69, 9.17) is 0 Å². The number of nitrogens with one attached hydrogen (secondary N) is 1. The van der Waals surface area contributed by atoms with Crippen LogP contribution in [-0.4, -0.2) is 23.4 Å². The molecule has 0 aliphatic carbocycles. The molecule has 0 spiro atoms. The van der Waals surface area contributed by atoms with E-state index >= 15 is 0 Å². The van der Waals surface area contributed by atoms with E-state index in [9.17, 15) is 4.79 Å². The Hall–Kier alpha value is -1.22. The van der Waals surface area contributed by atoms with E-state index in [1.807, 2.05) is 13.0 Å². The molecule has 0 saturated carbocycles. The molecule has 0 saturated heterocycles. The fourth-order valence-electron chi connectivity index (χ4n) is 1.33. The third-order valence-corrected chi connectivity index (χ3v) is 2.10. The molecule has 0 aliphatic heterocycles. The first-order valence-electron chi connectivity index (χ1n) is 5.28. The average Bonchev–Trinajstić information content (AvgIpc) is 2.17. The predicted octanol–water partition coefficient (Wildman–Crippen LogP) is 1.96. The summed E-state index contributed by atoms with van der Waals surface area (Å²) in [6, 6.07) is 2.30. The van der Waals surface area contributed by atoms with Crippen molar-refractivity contribution in [2.45, 2.75) is 33.2 Å². The molecule has 0 unspecified atom stereocenters. The van der Waals surface area contributed by atoms with Gasteiger partial charge in [-0.25, -0.2) is 0 Å². The molecule has 1 N–H and O–H groups in total. The number of rotatable bonds is 5. The quantitative estimate of drug-likeness (QED) is 0.749. The lowest BCUT2D eigenvalue weighted by Gasteiger charge is -2.07. The van der Waals surface area contributed by atoms with E-state index in [2.05, 4.69) is 24.1 Å². The van der Waals surface area contributed by atoms with Crippen LogP contribution < -0.4 is 5.32 Å². The highest BCUT2D eigenvalue weighted by Gasteiger charge is 2.05. The third-order valence-electron chi connectivity index (χ3n) is 2.10. The fourth-order valence-corrected chi connectivity index (χ4v) is 1.33. The minimum Gasteiger partial charge on any atom is -0.314 e. The van der Waals surface area contributed by atoms with Gasteiger partial charge in [-0.2, -0.15) is 0 Å². The first kappa shape index (κ1) is 11.9. The summed E-state index contributed by atoms with van der Waals surface area (Å²) in [5, 5.41) is 3.22. The minimum absolute atomic E-state index is 0.152. The van der Waals surface area contributed by atoms with Crippen LogP contribution in [0.25, 0.3) is 0 Å². The summed E-state index contributed by atoms with van der Waals surface area (Å²) in [4.78, 5) is 15.7. The van der Waals surface area contributed by atoms with Crippen molar-refractivity contribution >= 4 is 5.78 Å². The molecule has 15 heavy (non-hydrogen) atoms. The highest BCUT2D eigenvalue weighted by Crippen LogP contribution is 2.04. The Balaban J connectivity index is 2.47. The highest BCUT2D eigenvalue weighted by molar-refractivity contribution is 5.96. The molecule has 82 valence electrons. The number of aromatic nitrogens is 1. The largest absolute Gasteiger partial charge is 0.314 e. The molecule has 1 aromatic rings. The number of Topliss-reactive ketones (excluding diaryl/α,β-unsaturated/α-hetero) is 1. The van der Waals surface area contributed by atoms with Crippen molar-refractivity contribution in [2.75, 3.05) is 6.54 Å². The number of pyridine rings is 1. The van der Waals surface area contributed by atoms with Gasteiger partial charge in [0.2, 0.25) is 0 Å². The molecule has 3 nitrogen and oxygen atoms in total. The molecule has 1 aromatic heterocycles. The lowest BCUT2D eigenvalue weighted by Crippen LogP contribution is -2.25. The number of carbonyl (C=O) groups is 1. The van der Waals surface area contributed by atoms with Crippen molar-refractivity contribution in [1.29, 1.82) is 0 Å². The Morgan fingerprint density at radius 1 is 1.47 bits per heavy atom. The molecule has 0 atom stereocenters. The molecule has 3 heteroatoms. The minimum atomic E-state index is 0.152. The summed E-state index contributed by atoms with van der Waals surface area (Å²) in [7, 11) is 0. The van der Waals surface area contributed by atoms with Crippen LogP contribution in [0.2, 0.25) is 0 Å². The van der Waals surface area contributed by atoms with Crippen LogP contribution >= 0.6 is 0 Å². The van der Waals surface area contributed by atoms with Gasteiger partial charge in [0.05, 0.1) is 0 Å². The van der Waals surface area contributed by atoms with E-state index in [1.165, 1.54) is 0 Å². The van der Waals surface area contributed by atoms with Crippen molar-refractivity contribution < 1.29 is 4.79 Å². The molecule has 1 heterocycles. The lowest BCUT2D eigenvalue weighted by atomic mass is 10.1. The van der Waals surface area contributed by atoms with E-state index in [0.717, 1.165) is 12.1 Å². The third kappa shape index (κ3) is 4.21. The molecule has 0 radical (unpaired) electrons. The van der Waals surface area contributed by atoms with E-state index in [1.54, 1.807) is 12.4 Å². The number of aryl methyl sites for hydroxylation is 1. The van der Waals surface area contributed by atoms with Crippen molar-refractivity contribution in [1.82, 2.24) is 10.3 Å². The Bertz CT molecular complexity index is 334. The molecule has 0 fully saturated rings. The van der Waals surface area contributed by atoms with Crippen molar-refractivity contribution in [2.24, 2.45) is 0 Å². The monoisotopic (exact) mass is 206 g/mol. The van der Waals surface area contributed by atoms with Crippen molar-refractivity contribution in [3.05, 3.63) is 29.6 Å². The zero-order chi connectivity index (χ0) is 11.3. The van der Waals surface area contributed by atoms with Gasteiger partial charge < -0.3 is 5.32 Å². The first-order chi connectivity index (χ1) is 7.09. The van der Waals surface area contributed by atoms with Gasteiger partial charge in [-0.1, -0.05) is 13.8 Å². The number of ketones is 1. The highest BCUT2D eigenvalue weighted by atomic mass is 16.1. The predicted molar refractivity (Wildman–Crippen MR) is 61.1 cm³/mol. The van der Waals surface area contributed by atoms with Crippen LogP contribution in [0, 0.1) is 6.92 Å². The summed E-state index contributed by atoms with van der Waals surface area (Å²) >= 11 is 0. The van der Waals surface area contributed by atoms with Gasteiger partial charge in [-0.05, 0) is 18.6 Å². The van der Waals surface area contributed by atoms with Gasteiger partial charge in [0.1, 0.15) is 0 Å². The summed E-state index contributed by atoms with van der Waals surface area (Å²) in [6.45, 7) is 6.80. The summed E-state index contributed by atoms with van der Waals surface area (Å²) in [5.74, 6) is 0.152. The van der Waals surface area contributed by atoms with E-state index in [0.29, 0.717) is 18.0 Å². The Morgan fingerprint density at radius 3 is 2.80 bits per heavy atom. The maximum Gasteiger partial charge on any atom is 0.165 e. The normalized spacial score (nSPS) is 10.7. The summed E-state index contributed by atoms with van der Waals surface area (Å²) in [6.07, 6.45) is 3.91. The van der Waals surface area contributed by atoms with Crippen LogP contribution in [0.5, 0.6) is 0 Å². The number of hydrogen-bond acceptors (Lipinski definition) is 3. The van der Waals surface area contributed by atoms with Crippen LogP contribution in [0.1, 0.15) is 36.2 Å². The fraction of sp³-hybridized carbons (Fsp3) is 0.500. The number of nitrogens with zero attached hydrogens (tertiary/aromatic N) is 1. The van der Waals surface area contributed by atoms with Crippen LogP contribution in [-0.2, 0) is 0 Å². The van der Waals surface area contributed by atoms with Crippen LogP contribution in [0.3, 0.4) is 0 Å². The smallest absolute Gasteiger partial charge is 0.165 e. The van der Waals surface area contributed by atoms with Gasteiger partial charge in [-0.15, -0.1) is 0 Å². The second-order valence-electron chi connectivity index (χ2n) is 4.03. The summed E-state index contributed by atoms with van der Waals surface area (Å²) in [5.41, 5.74) is 1.73. The zero-order valence-electron chi connectivity index (χ0n) is 9.58. The SMILES string of the molecule is Cc1cncc(C(=O)CCNC(C)C)c1. The lowest BCUT2D eigenvalue weighted by molar-refractivity contribution is 0.0981. The Kier molecular flexibility index (Phi) is 4.43. The average molecular weight is 206 g/mol. The molecule has 0 aliphatic rings. The van der Waals surface area contributed by atoms with Gasteiger partial charge in [-0.3, -0.25) is 9.78 Å². The standard InChI is InChI=1S/C12H18N2O/c1-9(2)14-5-4-12(15)11-6-10(3)7-13-8-11/h6-9,14H,4-5H2,1-3H3. The molecule has 0 aromatic carbocycles. The van der Waals surface area contributed by atoms with Gasteiger partial charge >= 0.3 is 0 Å². The Morgan fingerprint density at radius 2 is 2.20 bits per heavy atom. The van der Waals surface area contributed by atoms with Gasteiger partial charge in [0.15, 0.2) is 5.78 Å². The molecule has 1 rings (SSSR count). The van der Waals surface area contributed by atoms with E-state index < -0.39 is 0 Å². The zero-order valence-corrected chi connectivity index (χ0v) is 9.58. The van der Waals surface area contributed by atoms with E-state index in [-0.39, 0.29) is 5.78 Å². The topological polar surface area (TPSA) is 42.0 Å². The van der Waals surface area contributed by atoms with Crippen molar-refractivity contribution in [3.8, 4) is 0 Å². The van der Waals surface area contributed by atoms with Crippen LogP contribution in [0.4, 0.5) is 0 Å². The molecular formula is C12H18N2O. The molecule has 0 bridgehead atoms.